The van der Waals surface area contributed by atoms with Crippen LogP contribution in [-0.2, 0) is 9.53 Å². The second kappa shape index (κ2) is 6.49. The molecule has 0 aliphatic carbocycles. The molecule has 1 atom stereocenters. The summed E-state index contributed by atoms with van der Waals surface area (Å²) in [6.07, 6.45) is 1.42. The lowest BCUT2D eigenvalue weighted by Gasteiger charge is -2.29. The van der Waals surface area contributed by atoms with Crippen LogP contribution in [0.5, 0.6) is 0 Å². The third-order valence-electron chi connectivity index (χ3n) is 3.33. The number of morpholine rings is 1. The van der Waals surface area contributed by atoms with Crippen LogP contribution in [0.4, 0.5) is 11.5 Å². The highest BCUT2D eigenvalue weighted by Gasteiger charge is 2.23. The van der Waals surface area contributed by atoms with Gasteiger partial charge in [0, 0.05) is 24.8 Å². The molecule has 1 aromatic rings. The lowest BCUT2D eigenvalue weighted by molar-refractivity contribution is -0.385. The summed E-state index contributed by atoms with van der Waals surface area (Å²) >= 11 is 0. The zero-order chi connectivity index (χ0) is 15.4. The van der Waals surface area contributed by atoms with Crippen LogP contribution in [0.15, 0.2) is 12.3 Å². The molecule has 1 aromatic heterocycles. The molecule has 8 nitrogen and oxygen atoms in total. The monoisotopic (exact) mass is 294 g/mol. The van der Waals surface area contributed by atoms with Crippen molar-refractivity contribution in [1.82, 2.24) is 9.88 Å². The van der Waals surface area contributed by atoms with E-state index in [0.29, 0.717) is 37.7 Å². The molecular formula is C13H18N4O4. The van der Waals surface area contributed by atoms with Gasteiger partial charge in [0.2, 0.25) is 5.91 Å². The van der Waals surface area contributed by atoms with Gasteiger partial charge in [-0.25, -0.2) is 4.98 Å². The molecule has 8 heteroatoms. The lowest BCUT2D eigenvalue weighted by atomic mass is 10.2. The predicted molar refractivity (Wildman–Crippen MR) is 76.1 cm³/mol. The van der Waals surface area contributed by atoms with Gasteiger partial charge in [-0.3, -0.25) is 14.9 Å². The van der Waals surface area contributed by atoms with Crippen LogP contribution in [0.2, 0.25) is 0 Å². The van der Waals surface area contributed by atoms with Crippen molar-refractivity contribution in [2.45, 2.75) is 19.9 Å². The van der Waals surface area contributed by atoms with Gasteiger partial charge >= 0.3 is 0 Å². The van der Waals surface area contributed by atoms with Crippen molar-refractivity contribution < 1.29 is 14.5 Å². The molecule has 1 fully saturated rings. The highest BCUT2D eigenvalue weighted by atomic mass is 16.6. The Bertz CT molecular complexity index is 543. The van der Waals surface area contributed by atoms with Gasteiger partial charge in [0.15, 0.2) is 0 Å². The van der Waals surface area contributed by atoms with Gasteiger partial charge < -0.3 is 15.0 Å². The first-order chi connectivity index (χ1) is 9.99. The van der Waals surface area contributed by atoms with Gasteiger partial charge in [0.25, 0.3) is 5.69 Å². The maximum atomic E-state index is 12.2. The molecule has 1 amide bonds. The largest absolute Gasteiger partial charge is 0.378 e. The number of carbonyl (C=O) groups excluding carboxylic acids is 1. The minimum Gasteiger partial charge on any atom is -0.378 e. The number of carbonyl (C=O) groups is 1. The van der Waals surface area contributed by atoms with Crippen LogP contribution in [0.3, 0.4) is 0 Å². The second-order valence-electron chi connectivity index (χ2n) is 4.92. The summed E-state index contributed by atoms with van der Waals surface area (Å²) in [5.41, 5.74) is 0.469. The Kier molecular flexibility index (Phi) is 4.69. The maximum absolute atomic E-state index is 12.2. The molecule has 1 unspecified atom stereocenters. The Morgan fingerprint density at radius 1 is 1.52 bits per heavy atom. The second-order valence-corrected chi connectivity index (χ2v) is 4.92. The Hall–Kier alpha value is -2.22. The maximum Gasteiger partial charge on any atom is 0.277 e. The number of aryl methyl sites for hydroxylation is 1. The van der Waals surface area contributed by atoms with Gasteiger partial charge in [-0.1, -0.05) is 0 Å². The summed E-state index contributed by atoms with van der Waals surface area (Å²) in [4.78, 5) is 28.5. The number of nitrogens with zero attached hydrogens (tertiary/aromatic N) is 3. The Balaban J connectivity index is 2.05. The van der Waals surface area contributed by atoms with E-state index in [2.05, 4.69) is 10.3 Å². The van der Waals surface area contributed by atoms with Crippen molar-refractivity contribution in [3.8, 4) is 0 Å². The number of rotatable bonds is 4. The molecule has 1 saturated heterocycles. The fraction of sp³-hybridized carbons (Fsp3) is 0.538. The minimum absolute atomic E-state index is 0.0153. The number of hydrogen-bond acceptors (Lipinski definition) is 6. The number of hydrogen-bond donors (Lipinski definition) is 1. The molecule has 0 spiro atoms. The van der Waals surface area contributed by atoms with E-state index in [-0.39, 0.29) is 11.6 Å². The molecule has 1 aliphatic rings. The summed E-state index contributed by atoms with van der Waals surface area (Å²) in [5, 5.41) is 13.8. The third kappa shape index (κ3) is 3.66. The van der Waals surface area contributed by atoms with E-state index in [1.54, 1.807) is 18.7 Å². The van der Waals surface area contributed by atoms with E-state index < -0.39 is 11.0 Å². The van der Waals surface area contributed by atoms with Crippen molar-refractivity contribution in [3.05, 3.63) is 27.9 Å². The first-order valence-electron chi connectivity index (χ1n) is 6.73. The average Bonchev–Trinajstić information content (AvgIpc) is 2.49. The van der Waals surface area contributed by atoms with Crippen LogP contribution in [0.25, 0.3) is 0 Å². The summed E-state index contributed by atoms with van der Waals surface area (Å²) in [6, 6.07) is 0.844. The predicted octanol–water partition coefficient (Wildman–Crippen LogP) is 0.957. The molecule has 2 heterocycles. The standard InChI is InChI=1S/C13H18N4O4/c1-9-8-14-12(7-11(9)17(19)20)15-10(2)13(18)16-3-5-21-6-4-16/h7-8,10H,3-6H2,1-2H3,(H,14,15). The molecule has 114 valence electrons. The fourth-order valence-electron chi connectivity index (χ4n) is 2.13. The van der Waals surface area contributed by atoms with Crippen molar-refractivity contribution in [2.75, 3.05) is 31.6 Å². The smallest absolute Gasteiger partial charge is 0.277 e. The first-order valence-corrected chi connectivity index (χ1v) is 6.73. The Morgan fingerprint density at radius 2 is 2.19 bits per heavy atom. The average molecular weight is 294 g/mol. The molecule has 0 saturated carbocycles. The topological polar surface area (TPSA) is 97.6 Å². The summed E-state index contributed by atoms with van der Waals surface area (Å²) in [5.74, 6) is 0.254. The molecule has 0 aromatic carbocycles. The van der Waals surface area contributed by atoms with Crippen LogP contribution >= 0.6 is 0 Å². The number of anilines is 1. The van der Waals surface area contributed by atoms with Gasteiger partial charge in [-0.05, 0) is 13.8 Å². The van der Waals surface area contributed by atoms with Crippen molar-refractivity contribution in [1.29, 1.82) is 0 Å². The summed E-state index contributed by atoms with van der Waals surface area (Å²) < 4.78 is 5.20. The Labute approximate surface area is 122 Å². The Morgan fingerprint density at radius 3 is 2.81 bits per heavy atom. The SMILES string of the molecule is Cc1cnc(NC(C)C(=O)N2CCOCC2)cc1[N+](=O)[O-]. The normalized spacial score (nSPS) is 16.4. The van der Waals surface area contributed by atoms with E-state index in [9.17, 15) is 14.9 Å². The zero-order valence-corrected chi connectivity index (χ0v) is 12.0. The fourth-order valence-corrected chi connectivity index (χ4v) is 2.13. The van der Waals surface area contributed by atoms with Crippen LogP contribution in [0, 0.1) is 17.0 Å². The van der Waals surface area contributed by atoms with Crippen molar-refractivity contribution in [2.24, 2.45) is 0 Å². The van der Waals surface area contributed by atoms with E-state index in [0.717, 1.165) is 0 Å². The first kappa shape index (κ1) is 15.2. The van der Waals surface area contributed by atoms with Crippen LogP contribution in [0.1, 0.15) is 12.5 Å². The lowest BCUT2D eigenvalue weighted by Crippen LogP contribution is -2.47. The quantitative estimate of drug-likeness (QED) is 0.656. The van der Waals surface area contributed by atoms with Crippen molar-refractivity contribution >= 4 is 17.4 Å². The van der Waals surface area contributed by atoms with Gasteiger partial charge in [0.05, 0.1) is 24.2 Å². The number of pyridine rings is 1. The number of amides is 1. The van der Waals surface area contributed by atoms with Gasteiger partial charge in [-0.2, -0.15) is 0 Å². The summed E-state index contributed by atoms with van der Waals surface area (Å²) in [7, 11) is 0. The van der Waals surface area contributed by atoms with Crippen LogP contribution in [-0.4, -0.2) is 53.1 Å². The van der Waals surface area contributed by atoms with E-state index in [4.69, 9.17) is 4.74 Å². The van der Waals surface area contributed by atoms with E-state index in [1.165, 1.54) is 12.3 Å². The highest BCUT2D eigenvalue weighted by molar-refractivity contribution is 5.84. The molecule has 1 aliphatic heterocycles. The third-order valence-corrected chi connectivity index (χ3v) is 3.33. The number of aromatic nitrogens is 1. The van der Waals surface area contributed by atoms with Gasteiger partial charge in [-0.15, -0.1) is 0 Å². The number of nitrogens with one attached hydrogen (secondary N) is 1. The molecule has 1 N–H and O–H groups in total. The molecule has 0 radical (unpaired) electrons. The van der Waals surface area contributed by atoms with Crippen molar-refractivity contribution in [3.63, 3.8) is 0 Å². The molecule has 0 bridgehead atoms. The van der Waals surface area contributed by atoms with E-state index in [1.807, 2.05) is 0 Å². The minimum atomic E-state index is -0.502. The van der Waals surface area contributed by atoms with E-state index >= 15 is 0 Å². The number of ether oxygens (including phenoxy) is 1. The molecular weight excluding hydrogens is 276 g/mol. The van der Waals surface area contributed by atoms with Gasteiger partial charge in [0.1, 0.15) is 11.9 Å². The zero-order valence-electron chi connectivity index (χ0n) is 12.0. The molecule has 21 heavy (non-hydrogen) atoms. The summed E-state index contributed by atoms with van der Waals surface area (Å²) in [6.45, 7) is 5.53. The number of nitro groups is 1. The molecule has 2 rings (SSSR count). The van der Waals surface area contributed by atoms with Crippen LogP contribution < -0.4 is 5.32 Å². The highest BCUT2D eigenvalue weighted by Crippen LogP contribution is 2.20.